The van der Waals surface area contributed by atoms with E-state index in [9.17, 15) is 4.79 Å². The molecule has 0 radical (unpaired) electrons. The lowest BCUT2D eigenvalue weighted by atomic mass is 10.0. The molecule has 0 aliphatic rings. The molecule has 4 N–H and O–H groups in total. The summed E-state index contributed by atoms with van der Waals surface area (Å²) in [5, 5.41) is 5.96. The summed E-state index contributed by atoms with van der Waals surface area (Å²) >= 11 is 0. The third kappa shape index (κ3) is 4.00. The Morgan fingerprint density at radius 2 is 2.22 bits per heavy atom. The average Bonchev–Trinajstić information content (AvgIpc) is 2.37. The number of nitrogens with two attached hydrogens (primary N) is 1. The van der Waals surface area contributed by atoms with E-state index in [1.165, 1.54) is 0 Å². The van der Waals surface area contributed by atoms with Gasteiger partial charge in [0.15, 0.2) is 0 Å². The van der Waals surface area contributed by atoms with E-state index >= 15 is 0 Å². The zero-order valence-electron chi connectivity index (χ0n) is 11.2. The second-order valence-corrected chi connectivity index (χ2v) is 4.58. The molecule has 1 amide bonds. The average molecular weight is 250 g/mol. The predicted molar refractivity (Wildman–Crippen MR) is 73.5 cm³/mol. The van der Waals surface area contributed by atoms with Crippen LogP contribution < -0.4 is 16.4 Å². The van der Waals surface area contributed by atoms with Crippen LogP contribution in [0.25, 0.3) is 0 Å². The summed E-state index contributed by atoms with van der Waals surface area (Å²) in [4.78, 5) is 15.5. The summed E-state index contributed by atoms with van der Waals surface area (Å²) in [6.45, 7) is 4.94. The number of nitrogens with zero attached hydrogens (tertiary/aromatic N) is 1. The number of pyridine rings is 1. The third-order valence-corrected chi connectivity index (χ3v) is 2.85. The van der Waals surface area contributed by atoms with Gasteiger partial charge in [0.25, 0.3) is 5.91 Å². The fourth-order valence-electron chi connectivity index (χ4n) is 1.74. The molecular formula is C13H22N4O. The molecule has 0 aliphatic carbocycles. The number of hydrogen-bond acceptors (Lipinski definition) is 4. The third-order valence-electron chi connectivity index (χ3n) is 2.85. The van der Waals surface area contributed by atoms with E-state index in [-0.39, 0.29) is 5.91 Å². The topological polar surface area (TPSA) is 80.0 Å². The molecule has 0 saturated heterocycles. The first-order chi connectivity index (χ1) is 8.58. The molecule has 0 aromatic carbocycles. The first kappa shape index (κ1) is 14.4. The number of hydrogen-bond donors (Lipinski definition) is 3. The smallest absolute Gasteiger partial charge is 0.269 e. The van der Waals surface area contributed by atoms with Gasteiger partial charge in [-0.1, -0.05) is 13.8 Å². The minimum absolute atomic E-state index is 0.182. The summed E-state index contributed by atoms with van der Waals surface area (Å²) in [5.41, 5.74) is 6.92. The fraction of sp³-hybridized carbons (Fsp3) is 0.538. The summed E-state index contributed by atoms with van der Waals surface area (Å²) in [5.74, 6) is 0.295. The van der Waals surface area contributed by atoms with Crippen LogP contribution in [0.4, 0.5) is 5.69 Å². The van der Waals surface area contributed by atoms with E-state index < -0.39 is 0 Å². The molecule has 0 fully saturated rings. The first-order valence-electron chi connectivity index (χ1n) is 6.23. The van der Waals surface area contributed by atoms with E-state index in [1.54, 1.807) is 19.3 Å². The molecule has 0 bridgehead atoms. The quantitative estimate of drug-likeness (QED) is 0.709. The molecule has 1 heterocycles. The van der Waals surface area contributed by atoms with Crippen LogP contribution in [0.15, 0.2) is 18.3 Å². The van der Waals surface area contributed by atoms with Gasteiger partial charge in [0.05, 0.1) is 0 Å². The Morgan fingerprint density at radius 3 is 2.78 bits per heavy atom. The van der Waals surface area contributed by atoms with Crippen molar-refractivity contribution in [1.29, 1.82) is 0 Å². The van der Waals surface area contributed by atoms with Crippen LogP contribution in [0.3, 0.4) is 0 Å². The molecule has 18 heavy (non-hydrogen) atoms. The van der Waals surface area contributed by atoms with Gasteiger partial charge in [0.2, 0.25) is 0 Å². The maximum atomic E-state index is 11.5. The highest BCUT2D eigenvalue weighted by Crippen LogP contribution is 2.15. The van der Waals surface area contributed by atoms with E-state index in [0.29, 0.717) is 24.2 Å². The maximum absolute atomic E-state index is 11.5. The molecular weight excluding hydrogens is 228 g/mol. The standard InChI is InChI=1S/C13H22N4O/c1-9(2)11(4-6-14)17-10-5-7-16-12(8-10)13(18)15-3/h5,7-9,11H,4,6,14H2,1-3H3,(H,15,18)(H,16,17). The molecule has 1 aromatic rings. The van der Waals surface area contributed by atoms with E-state index in [0.717, 1.165) is 12.1 Å². The van der Waals surface area contributed by atoms with Gasteiger partial charge in [-0.25, -0.2) is 0 Å². The Labute approximate surface area is 108 Å². The van der Waals surface area contributed by atoms with Crippen molar-refractivity contribution < 1.29 is 4.79 Å². The lowest BCUT2D eigenvalue weighted by Crippen LogP contribution is -2.28. The van der Waals surface area contributed by atoms with Crippen molar-refractivity contribution in [3.8, 4) is 0 Å². The van der Waals surface area contributed by atoms with Gasteiger partial charge in [-0.15, -0.1) is 0 Å². The van der Waals surface area contributed by atoms with Gasteiger partial charge in [-0.3, -0.25) is 9.78 Å². The summed E-state index contributed by atoms with van der Waals surface area (Å²) in [7, 11) is 1.59. The van der Waals surface area contributed by atoms with Crippen molar-refractivity contribution >= 4 is 11.6 Å². The number of nitrogens with one attached hydrogen (secondary N) is 2. The Balaban J connectivity index is 2.80. The summed E-state index contributed by atoms with van der Waals surface area (Å²) in [6.07, 6.45) is 2.53. The van der Waals surface area contributed by atoms with E-state index in [1.807, 2.05) is 6.07 Å². The number of rotatable bonds is 6. The van der Waals surface area contributed by atoms with Crippen molar-refractivity contribution in [1.82, 2.24) is 10.3 Å². The number of carbonyl (C=O) groups excluding carboxylic acids is 1. The van der Waals surface area contributed by atoms with Crippen molar-refractivity contribution in [3.63, 3.8) is 0 Å². The molecule has 100 valence electrons. The van der Waals surface area contributed by atoms with Crippen LogP contribution in [0.2, 0.25) is 0 Å². The Kier molecular flexibility index (Phi) is 5.58. The van der Waals surface area contributed by atoms with Crippen molar-refractivity contribution in [3.05, 3.63) is 24.0 Å². The first-order valence-corrected chi connectivity index (χ1v) is 6.23. The Morgan fingerprint density at radius 1 is 1.50 bits per heavy atom. The van der Waals surface area contributed by atoms with Crippen LogP contribution in [-0.2, 0) is 0 Å². The number of aromatic nitrogens is 1. The summed E-state index contributed by atoms with van der Waals surface area (Å²) < 4.78 is 0. The highest BCUT2D eigenvalue weighted by Gasteiger charge is 2.13. The normalized spacial score (nSPS) is 12.3. The number of carbonyl (C=O) groups is 1. The van der Waals surface area contributed by atoms with Crippen molar-refractivity contribution in [2.24, 2.45) is 11.7 Å². The Hall–Kier alpha value is -1.62. The second kappa shape index (κ2) is 6.96. The van der Waals surface area contributed by atoms with Crippen LogP contribution in [0.1, 0.15) is 30.8 Å². The molecule has 0 saturated carbocycles. The molecule has 1 aromatic heterocycles. The SMILES string of the molecule is CNC(=O)c1cc(NC(CCN)C(C)C)ccn1. The molecule has 5 nitrogen and oxygen atoms in total. The molecule has 5 heteroatoms. The minimum atomic E-state index is -0.182. The van der Waals surface area contributed by atoms with Gasteiger partial charge in [0, 0.05) is 25.0 Å². The zero-order valence-corrected chi connectivity index (χ0v) is 11.2. The monoisotopic (exact) mass is 250 g/mol. The fourth-order valence-corrected chi connectivity index (χ4v) is 1.74. The van der Waals surface area contributed by atoms with Gasteiger partial charge < -0.3 is 16.4 Å². The van der Waals surface area contributed by atoms with Gasteiger partial charge in [-0.05, 0) is 31.0 Å². The minimum Gasteiger partial charge on any atom is -0.382 e. The van der Waals surface area contributed by atoms with E-state index in [4.69, 9.17) is 5.73 Å². The molecule has 1 atom stereocenters. The lowest BCUT2D eigenvalue weighted by Gasteiger charge is -2.23. The molecule has 0 spiro atoms. The van der Waals surface area contributed by atoms with Crippen LogP contribution in [-0.4, -0.2) is 30.5 Å². The van der Waals surface area contributed by atoms with Crippen LogP contribution in [0, 0.1) is 5.92 Å². The number of amides is 1. The van der Waals surface area contributed by atoms with Crippen molar-refractivity contribution in [2.45, 2.75) is 26.3 Å². The highest BCUT2D eigenvalue weighted by atomic mass is 16.1. The van der Waals surface area contributed by atoms with Crippen molar-refractivity contribution in [2.75, 3.05) is 18.9 Å². The molecule has 1 rings (SSSR count). The number of anilines is 1. The highest BCUT2D eigenvalue weighted by molar-refractivity contribution is 5.92. The van der Waals surface area contributed by atoms with Crippen LogP contribution >= 0.6 is 0 Å². The second-order valence-electron chi connectivity index (χ2n) is 4.58. The van der Waals surface area contributed by atoms with Gasteiger partial charge in [0.1, 0.15) is 5.69 Å². The van der Waals surface area contributed by atoms with E-state index in [2.05, 4.69) is 29.5 Å². The molecule has 0 aliphatic heterocycles. The lowest BCUT2D eigenvalue weighted by molar-refractivity contribution is 0.0958. The van der Waals surface area contributed by atoms with Gasteiger partial charge >= 0.3 is 0 Å². The van der Waals surface area contributed by atoms with Gasteiger partial charge in [-0.2, -0.15) is 0 Å². The zero-order chi connectivity index (χ0) is 13.5. The summed E-state index contributed by atoms with van der Waals surface area (Å²) in [6, 6.07) is 3.92. The molecule has 1 unspecified atom stereocenters. The predicted octanol–water partition coefficient (Wildman–Crippen LogP) is 1.23. The maximum Gasteiger partial charge on any atom is 0.269 e. The largest absolute Gasteiger partial charge is 0.382 e. The Bertz CT molecular complexity index is 392. The van der Waals surface area contributed by atoms with Crippen LogP contribution in [0.5, 0.6) is 0 Å².